The van der Waals surface area contributed by atoms with Crippen molar-refractivity contribution in [2.24, 2.45) is 84.2 Å². The Morgan fingerprint density at radius 3 is 2.29 bits per heavy atom. The molecule has 0 aliphatic heterocycles. The topological polar surface area (TPSA) is 236 Å². The molecule has 16 heteroatoms. The molecule has 5 rings (SSSR count). The summed E-state index contributed by atoms with van der Waals surface area (Å²) in [4.78, 5) is 25.8. The highest BCUT2D eigenvalue weighted by Gasteiger charge is 2.59. The zero-order chi connectivity index (χ0) is 45.5. The Kier molecular flexibility index (Phi) is 19.4. The third-order valence-corrected chi connectivity index (χ3v) is 16.3. The van der Waals surface area contributed by atoms with Crippen molar-refractivity contribution >= 4 is 32.0 Å². The molecule has 9 unspecified atom stereocenters. The predicted molar refractivity (Wildman–Crippen MR) is 253 cm³/mol. The number of nitrogens with two attached hydrogens (primary N) is 4. The maximum Gasteiger partial charge on any atom is 0.407 e. The molecule has 4 aliphatic rings. The van der Waals surface area contributed by atoms with E-state index in [0.29, 0.717) is 25.0 Å². The van der Waals surface area contributed by atoms with E-state index in [-0.39, 0.29) is 68.9 Å². The maximum atomic E-state index is 13.5. The smallest absolute Gasteiger partial charge is 0.407 e. The highest BCUT2D eigenvalue weighted by atomic mass is 31.2. The van der Waals surface area contributed by atoms with E-state index in [1.165, 1.54) is 56.9 Å². The highest BCUT2D eigenvalue weighted by molar-refractivity contribution is 7.51. The van der Waals surface area contributed by atoms with Crippen LogP contribution in [0.5, 0.6) is 0 Å². The molecule has 10 N–H and O–H groups in total. The van der Waals surface area contributed by atoms with Crippen molar-refractivity contribution in [2.45, 2.75) is 124 Å². The lowest BCUT2D eigenvalue weighted by atomic mass is 9.47. The van der Waals surface area contributed by atoms with Gasteiger partial charge in [0.15, 0.2) is 11.9 Å². The van der Waals surface area contributed by atoms with Crippen LogP contribution in [0.4, 0.5) is 4.79 Å². The summed E-state index contributed by atoms with van der Waals surface area (Å²) in [5.41, 5.74) is 24.7. The monoisotopic (exact) mass is 898 g/mol. The molecule has 63 heavy (non-hydrogen) atoms. The normalized spacial score (nSPS) is 27.7. The highest BCUT2D eigenvalue weighted by Crippen LogP contribution is 2.67. The van der Waals surface area contributed by atoms with Crippen molar-refractivity contribution in [3.63, 3.8) is 0 Å². The number of hydrogen-bond donors (Lipinski definition) is 6. The predicted octanol–water partition coefficient (Wildman–Crippen LogP) is 7.10. The molecule has 1 aromatic rings. The molecule has 15 nitrogen and oxygen atoms in total. The van der Waals surface area contributed by atoms with Crippen LogP contribution >= 0.6 is 7.75 Å². The summed E-state index contributed by atoms with van der Waals surface area (Å²) in [5.74, 6) is 4.57. The van der Waals surface area contributed by atoms with E-state index in [1.54, 1.807) is 6.21 Å². The Morgan fingerprint density at radius 1 is 0.889 bits per heavy atom. The summed E-state index contributed by atoms with van der Waals surface area (Å²) in [6.07, 6.45) is 17.9. The van der Waals surface area contributed by atoms with Crippen LogP contribution in [0.1, 0.15) is 111 Å². The van der Waals surface area contributed by atoms with E-state index < -0.39 is 13.8 Å². The molecular formula is C47H80N9O6P. The average Bonchev–Trinajstić information content (AvgIpc) is 3.59. The number of rotatable bonds is 25. The van der Waals surface area contributed by atoms with Gasteiger partial charge < -0.3 is 37.7 Å². The number of hydrogen-bond acceptors (Lipinski definition) is 9. The van der Waals surface area contributed by atoms with E-state index in [2.05, 4.69) is 66.1 Å². The fraction of sp³-hybridized carbons (Fsp3) is 0.745. The third-order valence-electron chi connectivity index (χ3n) is 14.6. The van der Waals surface area contributed by atoms with Crippen LogP contribution in [0.25, 0.3) is 0 Å². The van der Waals surface area contributed by atoms with E-state index in [0.717, 1.165) is 60.3 Å². The number of ether oxygens (including phenoxy) is 2. The van der Waals surface area contributed by atoms with Gasteiger partial charge in [-0.2, -0.15) is 0 Å². The van der Waals surface area contributed by atoms with E-state index in [9.17, 15) is 9.36 Å². The molecule has 0 bridgehead atoms. The number of aliphatic imine (C=N–C) groups is 3. The molecule has 0 spiro atoms. The number of benzene rings is 1. The number of carbonyl (C=O) groups excluding carboxylic acids is 1. The number of carbonyl (C=O) groups is 1. The molecule has 0 heterocycles. The van der Waals surface area contributed by atoms with Crippen molar-refractivity contribution in [3.8, 4) is 0 Å². The molecule has 4 aliphatic carbocycles. The molecule has 3 fully saturated rings. The molecule has 1 aromatic carbocycles. The van der Waals surface area contributed by atoms with Gasteiger partial charge in [-0.15, -0.1) is 0 Å². The summed E-state index contributed by atoms with van der Waals surface area (Å²) in [7, 11) is -3.72. The van der Waals surface area contributed by atoms with E-state index in [4.69, 9.17) is 41.5 Å². The first-order valence-corrected chi connectivity index (χ1v) is 25.2. The summed E-state index contributed by atoms with van der Waals surface area (Å²) >= 11 is 0. The van der Waals surface area contributed by atoms with Crippen molar-refractivity contribution < 1.29 is 27.9 Å². The average molecular weight is 898 g/mol. The fourth-order valence-corrected chi connectivity index (χ4v) is 12.8. The lowest BCUT2D eigenvalue weighted by molar-refractivity contribution is -0.0581. The Balaban J connectivity index is 1.09. The number of nitrogens with zero attached hydrogens (tertiary/aromatic N) is 3. The van der Waals surface area contributed by atoms with Crippen molar-refractivity contribution in [1.82, 2.24) is 10.4 Å². The van der Waals surface area contributed by atoms with Gasteiger partial charge in [0, 0.05) is 19.2 Å². The van der Waals surface area contributed by atoms with Gasteiger partial charge in [0.25, 0.3) is 0 Å². The van der Waals surface area contributed by atoms with Gasteiger partial charge in [-0.25, -0.2) is 14.4 Å². The zero-order valence-electron chi connectivity index (χ0n) is 38.9. The Morgan fingerprint density at radius 2 is 1.60 bits per heavy atom. The van der Waals surface area contributed by atoms with Crippen LogP contribution < -0.4 is 33.3 Å². The Hall–Kier alpha value is -3.49. The van der Waals surface area contributed by atoms with Crippen molar-refractivity contribution in [1.29, 1.82) is 0 Å². The Labute approximate surface area is 377 Å². The number of alkyl carbamates (subject to hydrolysis) is 1. The molecule has 1 amide bonds. The van der Waals surface area contributed by atoms with Gasteiger partial charge in [0.05, 0.1) is 52.1 Å². The molecule has 0 radical (unpaired) electrons. The molecule has 354 valence electrons. The molecule has 3 saturated carbocycles. The summed E-state index contributed by atoms with van der Waals surface area (Å²) in [6, 6.07) is 9.66. The minimum Gasteiger partial charge on any atom is -0.446 e. The van der Waals surface area contributed by atoms with Crippen molar-refractivity contribution in [2.75, 3.05) is 52.6 Å². The summed E-state index contributed by atoms with van der Waals surface area (Å²) < 4.78 is 36.0. The SMILES string of the molecule is CC(C)CCCC(C)C1CCC2C3CC=C4CC(OC(=O)NC(C=NCCOCCNP(=O)(OCCN=C(N)N)OCCN=C(N)N)Cc5ccccc5)CCC4(C)C3CCC12C. The Bertz CT molecular complexity index is 1730. The minimum absolute atomic E-state index is 0.0381. The van der Waals surface area contributed by atoms with Crippen LogP contribution in [0.2, 0.25) is 0 Å². The second kappa shape index (κ2) is 24.2. The molecule has 9 atom stereocenters. The van der Waals surface area contributed by atoms with Gasteiger partial charge in [0.1, 0.15) is 6.10 Å². The molecular weight excluding hydrogens is 818 g/mol. The number of guanidine groups is 2. The first kappa shape index (κ1) is 50.5. The van der Waals surface area contributed by atoms with Crippen LogP contribution in [-0.4, -0.2) is 89.0 Å². The van der Waals surface area contributed by atoms with Crippen LogP contribution in [-0.2, 0) is 29.5 Å². The number of nitrogens with one attached hydrogen (secondary N) is 2. The largest absolute Gasteiger partial charge is 0.446 e. The van der Waals surface area contributed by atoms with E-state index >= 15 is 0 Å². The first-order chi connectivity index (χ1) is 30.1. The zero-order valence-corrected chi connectivity index (χ0v) is 39.7. The van der Waals surface area contributed by atoms with Crippen LogP contribution in [0.15, 0.2) is 57.0 Å². The summed E-state index contributed by atoms with van der Waals surface area (Å²) in [6.45, 7) is 13.6. The minimum atomic E-state index is -3.72. The third kappa shape index (κ3) is 14.8. The lowest BCUT2D eigenvalue weighted by Crippen LogP contribution is -2.51. The molecule has 0 saturated heterocycles. The fourth-order valence-electron chi connectivity index (χ4n) is 11.6. The summed E-state index contributed by atoms with van der Waals surface area (Å²) in [5, 5.41) is 5.87. The van der Waals surface area contributed by atoms with Gasteiger partial charge in [-0.3, -0.25) is 24.0 Å². The number of allylic oxidation sites excluding steroid dienone is 1. The van der Waals surface area contributed by atoms with Gasteiger partial charge in [-0.1, -0.05) is 95.9 Å². The van der Waals surface area contributed by atoms with Gasteiger partial charge in [-0.05, 0) is 103 Å². The second-order valence-electron chi connectivity index (χ2n) is 19.4. The maximum absolute atomic E-state index is 13.5. The van der Waals surface area contributed by atoms with Gasteiger partial charge in [0.2, 0.25) is 0 Å². The first-order valence-electron chi connectivity index (χ1n) is 23.6. The quantitative estimate of drug-likeness (QED) is 0.0190. The second-order valence-corrected chi connectivity index (χ2v) is 21.2. The van der Waals surface area contributed by atoms with Crippen LogP contribution in [0.3, 0.4) is 0 Å². The van der Waals surface area contributed by atoms with Crippen LogP contribution in [0, 0.1) is 46.3 Å². The van der Waals surface area contributed by atoms with E-state index in [1.807, 2.05) is 30.3 Å². The van der Waals surface area contributed by atoms with Crippen molar-refractivity contribution in [3.05, 3.63) is 47.5 Å². The number of fused-ring (bicyclic) bond motifs is 5. The lowest BCUT2D eigenvalue weighted by Gasteiger charge is -2.58. The van der Waals surface area contributed by atoms with Gasteiger partial charge >= 0.3 is 13.8 Å². The number of amides is 1. The standard InChI is InChI=1S/C47H80N9O6P/c1-33(2)10-9-11-34(3)40-16-17-41-39-15-14-36-31-38(18-20-46(36,4)42(39)19-21-47(40,41)5)62-45(57)56-37(30-35-12-7-6-8-13-35)32-52-22-26-59-27-25-55-63(58,60-28-23-53-43(48)49)61-29-24-54-44(50)51/h6-8,12-14,32-34,37-42H,9-11,15-31H2,1-5H3,(H,55,58)(H,56,57)(H4,48,49,53)(H4,50,51,54). The molecule has 0 aromatic heterocycles.